The minimum Gasteiger partial charge on any atom is -0.486 e. The molecule has 1 aliphatic heterocycles. The van der Waals surface area contributed by atoms with Crippen molar-refractivity contribution in [3.8, 4) is 5.75 Å². The van der Waals surface area contributed by atoms with Crippen molar-refractivity contribution < 1.29 is 14.3 Å². The number of ether oxygens (including phenoxy) is 2. The Kier molecular flexibility index (Phi) is 3.72. The number of nitrogen functional groups attached to an aromatic ring is 1. The molecule has 1 heterocycles. The van der Waals surface area contributed by atoms with Gasteiger partial charge in [-0.25, -0.2) is 0 Å². The molecule has 1 aliphatic rings. The smallest absolute Gasteiger partial charge is 0.253 e. The molecule has 2 rings (SSSR count). The summed E-state index contributed by atoms with van der Waals surface area (Å²) in [4.78, 5) is 13.3. The monoisotopic (exact) mass is 250 g/mol. The van der Waals surface area contributed by atoms with Gasteiger partial charge in [0.2, 0.25) is 0 Å². The Bertz CT molecular complexity index is 440. The number of carbonyl (C=O) groups is 1. The lowest BCUT2D eigenvalue weighted by molar-refractivity contribution is 0.0827. The molecule has 18 heavy (non-hydrogen) atoms. The van der Waals surface area contributed by atoms with E-state index in [4.69, 9.17) is 15.2 Å². The van der Waals surface area contributed by atoms with Crippen molar-refractivity contribution in [3.63, 3.8) is 0 Å². The molecule has 0 aliphatic carbocycles. The van der Waals surface area contributed by atoms with E-state index in [0.717, 1.165) is 13.0 Å². The van der Waals surface area contributed by atoms with Gasteiger partial charge in [0.05, 0.1) is 18.9 Å². The Hall–Kier alpha value is -1.75. The SMILES string of the molecule is CN(C)C(=O)c1ccc(OC2CCOC2)c(N)c1. The van der Waals surface area contributed by atoms with Crippen molar-refractivity contribution >= 4 is 11.6 Å². The minimum atomic E-state index is -0.0718. The average Bonchev–Trinajstić information content (AvgIpc) is 2.83. The summed E-state index contributed by atoms with van der Waals surface area (Å²) in [5, 5.41) is 0. The van der Waals surface area contributed by atoms with Gasteiger partial charge >= 0.3 is 0 Å². The summed E-state index contributed by atoms with van der Waals surface area (Å²) < 4.78 is 11.0. The Morgan fingerprint density at radius 3 is 2.83 bits per heavy atom. The van der Waals surface area contributed by atoms with Crippen molar-refractivity contribution in [3.05, 3.63) is 23.8 Å². The van der Waals surface area contributed by atoms with E-state index >= 15 is 0 Å². The van der Waals surface area contributed by atoms with Crippen LogP contribution in [0, 0.1) is 0 Å². The second-order valence-corrected chi connectivity index (χ2v) is 4.56. The van der Waals surface area contributed by atoms with Crippen LogP contribution in [0.15, 0.2) is 18.2 Å². The Morgan fingerprint density at radius 2 is 2.28 bits per heavy atom. The number of nitrogens with two attached hydrogens (primary N) is 1. The summed E-state index contributed by atoms with van der Waals surface area (Å²) in [6.07, 6.45) is 0.931. The average molecular weight is 250 g/mol. The molecule has 1 fully saturated rings. The van der Waals surface area contributed by atoms with Crippen LogP contribution in [0.2, 0.25) is 0 Å². The molecule has 1 saturated heterocycles. The van der Waals surface area contributed by atoms with E-state index in [-0.39, 0.29) is 12.0 Å². The van der Waals surface area contributed by atoms with Crippen LogP contribution in [0.5, 0.6) is 5.75 Å². The van der Waals surface area contributed by atoms with E-state index < -0.39 is 0 Å². The Morgan fingerprint density at radius 1 is 1.50 bits per heavy atom. The van der Waals surface area contributed by atoms with E-state index in [1.807, 2.05) is 0 Å². The zero-order valence-corrected chi connectivity index (χ0v) is 10.7. The normalized spacial score (nSPS) is 18.7. The maximum Gasteiger partial charge on any atom is 0.253 e. The maximum absolute atomic E-state index is 11.8. The molecule has 1 aromatic carbocycles. The van der Waals surface area contributed by atoms with Gasteiger partial charge in [0, 0.05) is 26.1 Å². The fourth-order valence-corrected chi connectivity index (χ4v) is 1.83. The van der Waals surface area contributed by atoms with E-state index in [0.29, 0.717) is 23.6 Å². The number of hydrogen-bond acceptors (Lipinski definition) is 4. The third-order valence-corrected chi connectivity index (χ3v) is 2.84. The summed E-state index contributed by atoms with van der Waals surface area (Å²) in [7, 11) is 3.41. The first-order valence-corrected chi connectivity index (χ1v) is 5.93. The largest absolute Gasteiger partial charge is 0.486 e. The van der Waals surface area contributed by atoms with Crippen molar-refractivity contribution in [2.75, 3.05) is 33.0 Å². The van der Waals surface area contributed by atoms with Crippen LogP contribution in [0.4, 0.5) is 5.69 Å². The fraction of sp³-hybridized carbons (Fsp3) is 0.462. The van der Waals surface area contributed by atoms with Crippen molar-refractivity contribution in [1.82, 2.24) is 4.90 Å². The van der Waals surface area contributed by atoms with Crippen molar-refractivity contribution in [2.24, 2.45) is 0 Å². The van der Waals surface area contributed by atoms with Gasteiger partial charge in [0.25, 0.3) is 5.91 Å². The molecule has 0 aromatic heterocycles. The fourth-order valence-electron chi connectivity index (χ4n) is 1.83. The van der Waals surface area contributed by atoms with Crippen LogP contribution in [-0.4, -0.2) is 44.2 Å². The molecule has 0 saturated carbocycles. The highest BCUT2D eigenvalue weighted by molar-refractivity contribution is 5.95. The third kappa shape index (κ3) is 2.73. The van der Waals surface area contributed by atoms with Gasteiger partial charge in [-0.1, -0.05) is 0 Å². The molecule has 2 N–H and O–H groups in total. The van der Waals surface area contributed by atoms with Gasteiger partial charge in [-0.2, -0.15) is 0 Å². The highest BCUT2D eigenvalue weighted by atomic mass is 16.5. The van der Waals surface area contributed by atoms with Crippen molar-refractivity contribution in [2.45, 2.75) is 12.5 Å². The molecule has 1 atom stereocenters. The van der Waals surface area contributed by atoms with E-state index in [1.165, 1.54) is 4.90 Å². The van der Waals surface area contributed by atoms with Crippen LogP contribution >= 0.6 is 0 Å². The molecule has 0 bridgehead atoms. The zero-order valence-electron chi connectivity index (χ0n) is 10.7. The van der Waals surface area contributed by atoms with Crippen molar-refractivity contribution in [1.29, 1.82) is 0 Å². The molecule has 1 unspecified atom stereocenters. The molecular formula is C13H18N2O3. The molecule has 0 spiro atoms. The lowest BCUT2D eigenvalue weighted by atomic mass is 10.1. The molecular weight excluding hydrogens is 232 g/mol. The number of hydrogen-bond donors (Lipinski definition) is 1. The van der Waals surface area contributed by atoms with Crippen LogP contribution in [-0.2, 0) is 4.74 Å². The standard InChI is InChI=1S/C13H18N2O3/c1-15(2)13(16)9-3-4-12(11(14)7-9)18-10-5-6-17-8-10/h3-4,7,10H,5-6,8,14H2,1-2H3. The third-order valence-electron chi connectivity index (χ3n) is 2.84. The number of carbonyl (C=O) groups excluding carboxylic acids is 1. The first-order valence-electron chi connectivity index (χ1n) is 5.93. The topological polar surface area (TPSA) is 64.8 Å². The molecule has 1 amide bonds. The Balaban J connectivity index is 2.11. The highest BCUT2D eigenvalue weighted by Gasteiger charge is 2.19. The van der Waals surface area contributed by atoms with E-state index in [2.05, 4.69) is 0 Å². The van der Waals surface area contributed by atoms with Gasteiger partial charge in [-0.05, 0) is 18.2 Å². The van der Waals surface area contributed by atoms with Crippen LogP contribution in [0.1, 0.15) is 16.8 Å². The van der Waals surface area contributed by atoms with Gasteiger partial charge < -0.3 is 20.1 Å². The molecule has 5 heteroatoms. The minimum absolute atomic E-state index is 0.0581. The first kappa shape index (κ1) is 12.7. The van der Waals surface area contributed by atoms with Gasteiger partial charge in [0.15, 0.2) is 0 Å². The summed E-state index contributed by atoms with van der Waals surface area (Å²) in [6.45, 7) is 1.32. The lowest BCUT2D eigenvalue weighted by Gasteiger charge is -2.15. The molecule has 5 nitrogen and oxygen atoms in total. The maximum atomic E-state index is 11.8. The molecule has 1 aromatic rings. The van der Waals surface area contributed by atoms with Gasteiger partial charge in [0.1, 0.15) is 11.9 Å². The Labute approximate surface area is 106 Å². The quantitative estimate of drug-likeness (QED) is 0.817. The number of rotatable bonds is 3. The summed E-state index contributed by atoms with van der Waals surface area (Å²) in [5.74, 6) is 0.540. The zero-order chi connectivity index (χ0) is 13.1. The van der Waals surface area contributed by atoms with E-state index in [1.54, 1.807) is 32.3 Å². The van der Waals surface area contributed by atoms with Crippen LogP contribution in [0.25, 0.3) is 0 Å². The first-order chi connectivity index (χ1) is 8.58. The number of anilines is 1. The molecule has 98 valence electrons. The number of benzene rings is 1. The van der Waals surface area contributed by atoms with E-state index in [9.17, 15) is 4.79 Å². The summed E-state index contributed by atoms with van der Waals surface area (Å²) in [5.41, 5.74) is 6.94. The second-order valence-electron chi connectivity index (χ2n) is 4.56. The summed E-state index contributed by atoms with van der Waals surface area (Å²) >= 11 is 0. The highest BCUT2D eigenvalue weighted by Crippen LogP contribution is 2.25. The summed E-state index contributed by atoms with van der Waals surface area (Å²) in [6, 6.07) is 5.11. The lowest BCUT2D eigenvalue weighted by Crippen LogP contribution is -2.22. The van der Waals surface area contributed by atoms with Crippen LogP contribution in [0.3, 0.4) is 0 Å². The van der Waals surface area contributed by atoms with Gasteiger partial charge in [-0.3, -0.25) is 4.79 Å². The predicted molar refractivity (Wildman–Crippen MR) is 68.7 cm³/mol. The van der Waals surface area contributed by atoms with Crippen LogP contribution < -0.4 is 10.5 Å². The molecule has 0 radical (unpaired) electrons. The second kappa shape index (κ2) is 5.27. The number of nitrogens with zero attached hydrogens (tertiary/aromatic N) is 1. The predicted octanol–water partition coefficient (Wildman–Crippen LogP) is 1.14. The van der Waals surface area contributed by atoms with Gasteiger partial charge in [-0.15, -0.1) is 0 Å². The number of amides is 1.